The fourth-order valence-corrected chi connectivity index (χ4v) is 15.1. The van der Waals surface area contributed by atoms with E-state index in [0.29, 0.717) is 0 Å². The Balaban J connectivity index is 2.02. The van der Waals surface area contributed by atoms with Gasteiger partial charge in [-0.25, -0.2) is 0 Å². The van der Waals surface area contributed by atoms with E-state index in [1.165, 1.54) is 21.0 Å². The molecule has 0 aromatic carbocycles. The second-order valence-corrected chi connectivity index (χ2v) is 13.7. The van der Waals surface area contributed by atoms with Crippen molar-refractivity contribution in [1.82, 2.24) is 0 Å². The summed E-state index contributed by atoms with van der Waals surface area (Å²) in [7, 11) is 2.83. The number of hydrogen-bond donors (Lipinski definition) is 0. The van der Waals surface area contributed by atoms with Crippen LogP contribution in [0.25, 0.3) is 0 Å². The molecule has 2 rings (SSSR count). The summed E-state index contributed by atoms with van der Waals surface area (Å²) in [5, 5.41) is 0. The van der Waals surface area contributed by atoms with Crippen molar-refractivity contribution in [3.05, 3.63) is 25.6 Å². The third-order valence-electron chi connectivity index (χ3n) is 1.89. The third-order valence-corrected chi connectivity index (χ3v) is 16.9. The van der Waals surface area contributed by atoms with Crippen LogP contribution in [0.5, 0.6) is 0 Å². The first-order valence-corrected chi connectivity index (χ1v) is 11.8. The fourth-order valence-electron chi connectivity index (χ4n) is 1.07. The molecule has 4 nitrogen and oxygen atoms in total. The molecule has 0 amide bonds. The van der Waals surface area contributed by atoms with Gasteiger partial charge in [0, 0.05) is 0 Å². The number of methoxy groups -OCH3 is 2. The minimum absolute atomic E-state index is 0.103. The maximum atomic E-state index is 11.4. The molecule has 0 N–H and O–H groups in total. The summed E-state index contributed by atoms with van der Waals surface area (Å²) in [5.74, 6) is -0.404. The third kappa shape index (κ3) is 3.22. The van der Waals surface area contributed by atoms with E-state index < -0.39 is 0 Å². The molecule has 0 bridgehead atoms. The van der Waals surface area contributed by atoms with Crippen LogP contribution in [0.15, 0.2) is 25.6 Å². The van der Waals surface area contributed by atoms with Crippen molar-refractivity contribution in [2.75, 3.05) is 14.2 Å². The molecule has 2 aliphatic rings. The van der Waals surface area contributed by atoms with E-state index in [9.17, 15) is 9.59 Å². The molecule has 0 unspecified atom stereocenters. The Hall–Kier alpha value is 0.238. The Labute approximate surface area is 130 Å². The summed E-state index contributed by atoms with van der Waals surface area (Å²) < 4.78 is 13.9. The molecule has 18 heavy (non-hydrogen) atoms. The molecule has 0 radical (unpaired) electrons. The zero-order valence-corrected chi connectivity index (χ0v) is 16.3. The van der Waals surface area contributed by atoms with Gasteiger partial charge in [-0.05, 0) is 0 Å². The van der Waals surface area contributed by atoms with Gasteiger partial charge < -0.3 is 0 Å². The second-order valence-electron chi connectivity index (χ2n) is 2.96. The van der Waals surface area contributed by atoms with E-state index in [1.807, 2.05) is 9.95 Å². The summed E-state index contributed by atoms with van der Waals surface area (Å²) in [6.45, 7) is 0. The molecule has 8 heteroatoms. The molecular weight excluding hydrogens is 500 g/mol. The predicted molar refractivity (Wildman–Crippen MR) is 70.2 cm³/mol. The van der Waals surface area contributed by atoms with Gasteiger partial charge in [-0.3, -0.25) is 0 Å². The number of rotatable bonds is 2. The predicted octanol–water partition coefficient (Wildman–Crippen LogP) is -1.01. The number of carbonyl (C=O) groups excluding carboxylic acids is 2. The van der Waals surface area contributed by atoms with Crippen LogP contribution in [0, 0.1) is 0 Å². The van der Waals surface area contributed by atoms with Crippen molar-refractivity contribution < 1.29 is 19.1 Å². The SMILES string of the molecule is COC(=O)C1=C[Se]/C(=C2\[Se]C=C(C(=O)OC)[Se]2)[Se]1. The van der Waals surface area contributed by atoms with E-state index in [4.69, 9.17) is 9.47 Å². The van der Waals surface area contributed by atoms with E-state index in [-0.39, 0.29) is 71.8 Å². The van der Waals surface area contributed by atoms with Crippen molar-refractivity contribution in [1.29, 1.82) is 0 Å². The van der Waals surface area contributed by atoms with Gasteiger partial charge in [-0.1, -0.05) is 0 Å². The fraction of sp³-hybridized carbons (Fsp3) is 0.200. The maximum absolute atomic E-state index is 11.4. The Morgan fingerprint density at radius 3 is 1.61 bits per heavy atom. The van der Waals surface area contributed by atoms with Gasteiger partial charge in [-0.2, -0.15) is 0 Å². The van der Waals surface area contributed by atoms with Crippen molar-refractivity contribution in [3.63, 3.8) is 0 Å². The van der Waals surface area contributed by atoms with E-state index in [0.717, 1.165) is 8.94 Å². The molecule has 0 aromatic heterocycles. The van der Waals surface area contributed by atoms with Gasteiger partial charge in [0.05, 0.1) is 0 Å². The first-order chi connectivity index (χ1) is 8.65. The Kier molecular flexibility index (Phi) is 5.37. The van der Waals surface area contributed by atoms with Crippen molar-refractivity contribution in [2.45, 2.75) is 0 Å². The molecule has 0 aliphatic carbocycles. The molecule has 2 aliphatic heterocycles. The van der Waals surface area contributed by atoms with Crippen LogP contribution in [-0.4, -0.2) is 86.0 Å². The zero-order valence-electron chi connectivity index (χ0n) is 9.42. The van der Waals surface area contributed by atoms with E-state index >= 15 is 0 Å². The minimum atomic E-state index is -0.202. The van der Waals surface area contributed by atoms with Crippen LogP contribution in [-0.2, 0) is 19.1 Å². The molecule has 0 fully saturated rings. The van der Waals surface area contributed by atoms with Gasteiger partial charge in [0.1, 0.15) is 0 Å². The summed E-state index contributed by atoms with van der Waals surface area (Å²) in [6.07, 6.45) is 0. The van der Waals surface area contributed by atoms with Crippen LogP contribution in [0.4, 0.5) is 0 Å². The first kappa shape index (κ1) is 14.6. The molecule has 0 atom stereocenters. The van der Waals surface area contributed by atoms with Crippen LogP contribution in [0.3, 0.4) is 0 Å². The summed E-state index contributed by atoms with van der Waals surface area (Å²) in [5.41, 5.74) is 0. The van der Waals surface area contributed by atoms with Gasteiger partial charge in [0.15, 0.2) is 0 Å². The Bertz CT molecular complexity index is 448. The molecule has 0 aromatic rings. The van der Waals surface area contributed by atoms with E-state index in [1.54, 1.807) is 0 Å². The number of hydrogen-bond acceptors (Lipinski definition) is 4. The molecule has 0 saturated carbocycles. The van der Waals surface area contributed by atoms with Gasteiger partial charge in [0.2, 0.25) is 0 Å². The zero-order chi connectivity index (χ0) is 13.1. The molecular formula is C10H8O4Se4. The topological polar surface area (TPSA) is 52.6 Å². The quantitative estimate of drug-likeness (QED) is 0.355. The average molecular weight is 508 g/mol. The summed E-state index contributed by atoms with van der Waals surface area (Å²) in [4.78, 5) is 26.9. The van der Waals surface area contributed by atoms with Crippen LogP contribution >= 0.6 is 0 Å². The van der Waals surface area contributed by atoms with Crippen LogP contribution in [0.2, 0.25) is 0 Å². The van der Waals surface area contributed by atoms with Crippen LogP contribution < -0.4 is 0 Å². The Morgan fingerprint density at radius 2 is 1.28 bits per heavy atom. The number of esters is 2. The number of carbonyl (C=O) groups is 2. The van der Waals surface area contributed by atoms with Gasteiger partial charge in [0.25, 0.3) is 0 Å². The standard InChI is InChI=1S/C10H8O4Se4/c1-13-7(11)5-3-15-9(17-5)10-16-4-6(18-10)8(12)14-2/h3-4H,1-2H3/b10-9-. The first-order valence-electron chi connectivity index (χ1n) is 4.66. The molecule has 96 valence electrons. The summed E-state index contributed by atoms with van der Waals surface area (Å²) in [6, 6.07) is 0. The summed E-state index contributed by atoms with van der Waals surface area (Å²) >= 11 is 0.736. The monoisotopic (exact) mass is 512 g/mol. The molecule has 0 spiro atoms. The normalized spacial score (nSPS) is 22.6. The van der Waals surface area contributed by atoms with Crippen molar-refractivity contribution >= 4 is 71.8 Å². The van der Waals surface area contributed by atoms with Crippen LogP contribution in [0.1, 0.15) is 0 Å². The molecule has 0 saturated heterocycles. The van der Waals surface area contributed by atoms with Crippen molar-refractivity contribution in [3.8, 4) is 0 Å². The van der Waals surface area contributed by atoms with E-state index in [2.05, 4.69) is 0 Å². The second kappa shape index (κ2) is 6.60. The molecule has 2 heterocycles. The van der Waals surface area contributed by atoms with Gasteiger partial charge in [-0.15, -0.1) is 0 Å². The number of ether oxygens (including phenoxy) is 2. The van der Waals surface area contributed by atoms with Crippen molar-refractivity contribution in [2.24, 2.45) is 0 Å². The van der Waals surface area contributed by atoms with Gasteiger partial charge >= 0.3 is 131 Å². The Morgan fingerprint density at radius 1 is 0.889 bits per heavy atom. The average Bonchev–Trinajstić information content (AvgIpc) is 3.04.